The third-order valence-corrected chi connectivity index (χ3v) is 8.30. The number of nitrogens with zero attached hydrogens (tertiary/aromatic N) is 2. The number of furan rings is 1. The largest absolute Gasteiger partial charge is 0.454 e. The van der Waals surface area contributed by atoms with Crippen molar-refractivity contribution in [3.8, 4) is 39.6 Å². The average molecular weight is 580 g/mol. The van der Waals surface area contributed by atoms with Gasteiger partial charge in [0, 0.05) is 31.2 Å². The zero-order valence-corrected chi connectivity index (χ0v) is 27.0. The highest BCUT2D eigenvalue weighted by molar-refractivity contribution is 6.14. The standard InChI is InChI=1S/C41H41N2O/c1-26-12-18-33-34-19-15-31(25-42)37(30-11-9-10-29(23-30)28-13-16-32(17-14-28)41(5,6)7)39(34)44-38(33)36(26)35-22-27(20-21-43(35)8)24-40(2,3)4/h9-23H,24H2,1-8H3/q+1/i24D2. The predicted octanol–water partition coefficient (Wildman–Crippen LogP) is 10.5. The molecule has 0 aliphatic heterocycles. The second kappa shape index (κ2) is 10.8. The van der Waals surface area contributed by atoms with Crippen molar-refractivity contribution >= 4 is 21.9 Å². The first-order valence-corrected chi connectivity index (χ1v) is 15.2. The quantitative estimate of drug-likeness (QED) is 0.195. The normalized spacial score (nSPS) is 13.2. The van der Waals surface area contributed by atoms with Gasteiger partial charge in [0.05, 0.1) is 17.2 Å². The van der Waals surface area contributed by atoms with E-state index in [1.54, 1.807) is 0 Å². The Morgan fingerprint density at radius 2 is 1.43 bits per heavy atom. The maximum Gasteiger partial charge on any atom is 0.216 e. The van der Waals surface area contributed by atoms with Gasteiger partial charge in [-0.3, -0.25) is 0 Å². The van der Waals surface area contributed by atoms with Gasteiger partial charge in [-0.05, 0) is 75.7 Å². The number of benzene rings is 4. The Bertz CT molecular complexity index is 2170. The van der Waals surface area contributed by atoms with Gasteiger partial charge in [-0.2, -0.15) is 5.26 Å². The summed E-state index contributed by atoms with van der Waals surface area (Å²) in [5, 5.41) is 12.2. The number of nitriles is 1. The fraction of sp³-hybridized carbons (Fsp3) is 0.268. The number of fused-ring (bicyclic) bond motifs is 3. The molecule has 0 atom stereocenters. The molecule has 6 aromatic rings. The molecule has 0 fully saturated rings. The van der Waals surface area contributed by atoms with Gasteiger partial charge in [-0.25, -0.2) is 4.57 Å². The Balaban J connectivity index is 1.57. The van der Waals surface area contributed by atoms with E-state index in [9.17, 15) is 5.26 Å². The van der Waals surface area contributed by atoms with Crippen molar-refractivity contribution in [1.82, 2.24) is 0 Å². The van der Waals surface area contributed by atoms with E-state index < -0.39 is 11.8 Å². The molecular formula is C41H41N2O+. The molecule has 6 rings (SSSR count). The molecule has 0 radical (unpaired) electrons. The van der Waals surface area contributed by atoms with Crippen molar-refractivity contribution in [3.05, 3.63) is 113 Å². The van der Waals surface area contributed by atoms with Crippen LogP contribution in [0.3, 0.4) is 0 Å². The van der Waals surface area contributed by atoms with Crippen LogP contribution < -0.4 is 4.57 Å². The zero-order chi connectivity index (χ0) is 33.2. The van der Waals surface area contributed by atoms with Crippen LogP contribution in [0.4, 0.5) is 0 Å². The zero-order valence-electron chi connectivity index (χ0n) is 29.0. The lowest BCUT2D eigenvalue weighted by Crippen LogP contribution is -2.31. The minimum Gasteiger partial charge on any atom is -0.454 e. The molecule has 0 saturated heterocycles. The van der Waals surface area contributed by atoms with Gasteiger partial charge in [0.25, 0.3) is 0 Å². The molecule has 2 heterocycles. The molecule has 3 nitrogen and oxygen atoms in total. The number of pyridine rings is 1. The van der Waals surface area contributed by atoms with Gasteiger partial charge in [0.2, 0.25) is 5.69 Å². The van der Waals surface area contributed by atoms with Crippen LogP contribution in [0, 0.1) is 23.7 Å². The summed E-state index contributed by atoms with van der Waals surface area (Å²) in [6.07, 6.45) is 0.381. The first-order valence-electron chi connectivity index (χ1n) is 16.2. The first-order chi connectivity index (χ1) is 21.6. The Morgan fingerprint density at radius 3 is 2.09 bits per heavy atom. The third kappa shape index (κ3) is 5.42. The number of hydrogen-bond donors (Lipinski definition) is 0. The highest BCUT2D eigenvalue weighted by Gasteiger charge is 2.24. The van der Waals surface area contributed by atoms with Crippen molar-refractivity contribution in [3.63, 3.8) is 0 Å². The lowest BCUT2D eigenvalue weighted by Gasteiger charge is -2.19. The van der Waals surface area contributed by atoms with Crippen LogP contribution in [0.15, 0.2) is 95.5 Å². The summed E-state index contributed by atoms with van der Waals surface area (Å²) in [7, 11) is 1.98. The van der Waals surface area contributed by atoms with Gasteiger partial charge in [-0.1, -0.05) is 96.1 Å². The molecule has 0 unspecified atom stereocenters. The van der Waals surface area contributed by atoms with Crippen LogP contribution in [-0.4, -0.2) is 0 Å². The Kier molecular flexibility index (Phi) is 6.60. The molecule has 0 bridgehead atoms. The minimum atomic E-state index is -1.54. The number of aryl methyl sites for hydroxylation is 2. The summed E-state index contributed by atoms with van der Waals surface area (Å²) >= 11 is 0. The molecular weight excluding hydrogens is 536 g/mol. The van der Waals surface area contributed by atoms with E-state index in [-0.39, 0.29) is 5.41 Å². The van der Waals surface area contributed by atoms with Crippen LogP contribution >= 0.6 is 0 Å². The van der Waals surface area contributed by atoms with Gasteiger partial charge < -0.3 is 4.42 Å². The third-order valence-electron chi connectivity index (χ3n) is 8.30. The Labute approximate surface area is 264 Å². The van der Waals surface area contributed by atoms with E-state index in [2.05, 4.69) is 82.3 Å². The van der Waals surface area contributed by atoms with Gasteiger partial charge in [0.15, 0.2) is 6.20 Å². The van der Waals surface area contributed by atoms with E-state index in [0.29, 0.717) is 16.7 Å². The number of hydrogen-bond acceptors (Lipinski definition) is 2. The second-order valence-electron chi connectivity index (χ2n) is 13.9. The van der Waals surface area contributed by atoms with E-state index in [4.69, 9.17) is 7.16 Å². The fourth-order valence-electron chi connectivity index (χ4n) is 6.05. The summed E-state index contributed by atoms with van der Waals surface area (Å²) in [5.41, 5.74) is 10.0. The van der Waals surface area contributed by atoms with Crippen molar-refractivity contribution < 1.29 is 11.7 Å². The summed E-state index contributed by atoms with van der Waals surface area (Å²) in [6.45, 7) is 14.5. The highest BCUT2D eigenvalue weighted by atomic mass is 16.3. The van der Waals surface area contributed by atoms with Crippen LogP contribution in [0.1, 0.15) is 66.5 Å². The van der Waals surface area contributed by atoms with Crippen molar-refractivity contribution in [2.24, 2.45) is 12.5 Å². The van der Waals surface area contributed by atoms with E-state index in [0.717, 1.165) is 55.4 Å². The Morgan fingerprint density at radius 1 is 0.773 bits per heavy atom. The van der Waals surface area contributed by atoms with Gasteiger partial charge >= 0.3 is 0 Å². The SMILES string of the molecule is [2H]C([2H])(c1cc[n+](C)c(-c2c(C)ccc3c2oc2c(-c4cccc(-c5ccc(C(C)(C)C)cc5)c4)c(C#N)ccc23)c1)C(C)(C)C. The lowest BCUT2D eigenvalue weighted by atomic mass is 9.86. The molecule has 0 amide bonds. The molecule has 4 aromatic carbocycles. The van der Waals surface area contributed by atoms with Gasteiger partial charge in [-0.15, -0.1) is 0 Å². The summed E-state index contributed by atoms with van der Waals surface area (Å²) < 4.78 is 26.7. The molecule has 2 aromatic heterocycles. The molecule has 0 N–H and O–H groups in total. The smallest absolute Gasteiger partial charge is 0.216 e. The van der Waals surface area contributed by atoms with Crippen molar-refractivity contribution in [2.75, 3.05) is 0 Å². The lowest BCUT2D eigenvalue weighted by molar-refractivity contribution is -0.660. The summed E-state index contributed by atoms with van der Waals surface area (Å²) in [5.74, 6) is 0. The van der Waals surface area contributed by atoms with Crippen LogP contribution in [-0.2, 0) is 18.8 Å². The van der Waals surface area contributed by atoms with Crippen LogP contribution in [0.5, 0.6) is 0 Å². The van der Waals surface area contributed by atoms with E-state index in [1.165, 1.54) is 5.56 Å². The molecule has 220 valence electrons. The molecule has 0 aliphatic carbocycles. The first kappa shape index (κ1) is 26.9. The van der Waals surface area contributed by atoms with E-state index >= 15 is 0 Å². The summed E-state index contributed by atoms with van der Waals surface area (Å²) in [4.78, 5) is 0. The molecule has 0 spiro atoms. The molecule has 44 heavy (non-hydrogen) atoms. The minimum absolute atomic E-state index is 0.0761. The second-order valence-corrected chi connectivity index (χ2v) is 13.9. The van der Waals surface area contributed by atoms with Crippen LogP contribution in [0.25, 0.3) is 55.4 Å². The topological polar surface area (TPSA) is 40.8 Å². The molecule has 0 aliphatic rings. The highest BCUT2D eigenvalue weighted by Crippen LogP contribution is 2.42. The Hall–Kier alpha value is -4.68. The molecule has 3 heteroatoms. The number of rotatable bonds is 4. The van der Waals surface area contributed by atoms with Gasteiger partial charge in [0.1, 0.15) is 18.2 Å². The van der Waals surface area contributed by atoms with Crippen LogP contribution in [0.2, 0.25) is 0 Å². The van der Waals surface area contributed by atoms with Crippen molar-refractivity contribution in [1.29, 1.82) is 5.26 Å². The molecule has 0 saturated carbocycles. The maximum atomic E-state index is 10.3. The maximum absolute atomic E-state index is 10.3. The number of aromatic nitrogens is 1. The predicted molar refractivity (Wildman–Crippen MR) is 183 cm³/mol. The van der Waals surface area contributed by atoms with Crippen molar-refractivity contribution in [2.45, 2.75) is 60.3 Å². The summed E-state index contributed by atoms with van der Waals surface area (Å²) in [6, 6.07) is 31.3. The van der Waals surface area contributed by atoms with E-state index in [1.807, 2.05) is 75.0 Å². The fourth-order valence-corrected chi connectivity index (χ4v) is 6.05. The monoisotopic (exact) mass is 579 g/mol. The average Bonchev–Trinajstić information content (AvgIpc) is 3.38.